The highest BCUT2D eigenvalue weighted by Crippen LogP contribution is 2.15. The van der Waals surface area contributed by atoms with Crippen molar-refractivity contribution in [3.05, 3.63) is 36.5 Å². The number of rotatable bonds is 38. The van der Waals surface area contributed by atoms with E-state index in [0.717, 1.165) is 38.5 Å². The van der Waals surface area contributed by atoms with Crippen molar-refractivity contribution in [2.75, 3.05) is 6.61 Å². The molecule has 0 rings (SSSR count). The minimum atomic E-state index is -0.866. The molecular formula is C44H83NO3. The Bertz CT molecular complexity index is 731. The van der Waals surface area contributed by atoms with Gasteiger partial charge in [0.05, 0.1) is 18.8 Å². The Morgan fingerprint density at radius 1 is 0.479 bits per heavy atom. The second kappa shape index (κ2) is 40.0. The van der Waals surface area contributed by atoms with Gasteiger partial charge in [0, 0.05) is 6.42 Å². The lowest BCUT2D eigenvalue weighted by Gasteiger charge is -2.19. The van der Waals surface area contributed by atoms with E-state index in [0.29, 0.717) is 6.42 Å². The Morgan fingerprint density at radius 3 is 1.21 bits per heavy atom. The maximum absolute atomic E-state index is 12.3. The van der Waals surface area contributed by atoms with E-state index in [1.807, 2.05) is 6.08 Å². The van der Waals surface area contributed by atoms with Gasteiger partial charge in [0.15, 0.2) is 0 Å². The summed E-state index contributed by atoms with van der Waals surface area (Å²) in [7, 11) is 0. The molecule has 282 valence electrons. The number of aliphatic hydroxyl groups excluding tert-OH is 2. The first-order valence-electron chi connectivity index (χ1n) is 21.2. The molecule has 0 spiro atoms. The summed E-state index contributed by atoms with van der Waals surface area (Å²) in [6.07, 6.45) is 52.6. The van der Waals surface area contributed by atoms with Crippen molar-refractivity contribution < 1.29 is 15.0 Å². The van der Waals surface area contributed by atoms with Gasteiger partial charge >= 0.3 is 0 Å². The number of amides is 1. The highest BCUT2D eigenvalue weighted by atomic mass is 16.3. The van der Waals surface area contributed by atoms with E-state index in [1.54, 1.807) is 6.08 Å². The first-order valence-corrected chi connectivity index (χ1v) is 21.2. The fourth-order valence-corrected chi connectivity index (χ4v) is 6.33. The van der Waals surface area contributed by atoms with Crippen LogP contribution in [0.5, 0.6) is 0 Å². The molecule has 0 aromatic carbocycles. The van der Waals surface area contributed by atoms with Crippen molar-refractivity contribution in [3.63, 3.8) is 0 Å². The highest BCUT2D eigenvalue weighted by molar-refractivity contribution is 5.76. The largest absolute Gasteiger partial charge is 0.394 e. The number of nitrogens with one attached hydrogen (secondary N) is 1. The molecule has 0 aromatic rings. The third-order valence-electron chi connectivity index (χ3n) is 9.60. The third kappa shape index (κ3) is 35.9. The summed E-state index contributed by atoms with van der Waals surface area (Å²) in [5.74, 6) is -0.0794. The number of carbonyl (C=O) groups excluding carboxylic acids is 1. The molecule has 0 bridgehead atoms. The fourth-order valence-electron chi connectivity index (χ4n) is 6.33. The van der Waals surface area contributed by atoms with Gasteiger partial charge in [0.1, 0.15) is 0 Å². The summed E-state index contributed by atoms with van der Waals surface area (Å²) in [6, 6.07) is -0.641. The highest BCUT2D eigenvalue weighted by Gasteiger charge is 2.17. The molecule has 3 N–H and O–H groups in total. The molecular weight excluding hydrogens is 590 g/mol. The van der Waals surface area contributed by atoms with E-state index >= 15 is 0 Å². The monoisotopic (exact) mass is 674 g/mol. The Morgan fingerprint density at radius 2 is 0.812 bits per heavy atom. The molecule has 0 heterocycles. The molecule has 0 aliphatic carbocycles. The lowest BCUT2D eigenvalue weighted by molar-refractivity contribution is -0.123. The first-order chi connectivity index (χ1) is 23.7. The van der Waals surface area contributed by atoms with Gasteiger partial charge in [-0.3, -0.25) is 4.79 Å². The predicted molar refractivity (Wildman–Crippen MR) is 212 cm³/mol. The zero-order valence-corrected chi connectivity index (χ0v) is 32.3. The van der Waals surface area contributed by atoms with Gasteiger partial charge in [0.25, 0.3) is 0 Å². The molecule has 1 amide bonds. The van der Waals surface area contributed by atoms with Crippen LogP contribution in [0, 0.1) is 0 Å². The van der Waals surface area contributed by atoms with Crippen molar-refractivity contribution in [1.29, 1.82) is 0 Å². The fraction of sp³-hybridized carbons (Fsp3) is 0.841. The second-order valence-electron chi connectivity index (χ2n) is 14.4. The third-order valence-corrected chi connectivity index (χ3v) is 9.60. The van der Waals surface area contributed by atoms with Crippen LogP contribution in [-0.2, 0) is 4.79 Å². The van der Waals surface area contributed by atoms with Crippen molar-refractivity contribution in [1.82, 2.24) is 5.32 Å². The molecule has 0 saturated carbocycles. The first kappa shape index (κ1) is 46.6. The van der Waals surface area contributed by atoms with Crippen LogP contribution in [0.2, 0.25) is 0 Å². The van der Waals surface area contributed by atoms with Crippen LogP contribution in [0.3, 0.4) is 0 Å². The van der Waals surface area contributed by atoms with E-state index in [-0.39, 0.29) is 12.5 Å². The van der Waals surface area contributed by atoms with E-state index in [1.165, 1.54) is 161 Å². The number of aliphatic hydroxyl groups is 2. The van der Waals surface area contributed by atoms with Crippen LogP contribution in [0.15, 0.2) is 36.5 Å². The molecule has 0 fully saturated rings. The Balaban J connectivity index is 3.61. The number of allylic oxidation sites excluding steroid dienone is 5. The summed E-state index contributed by atoms with van der Waals surface area (Å²) in [5, 5.41) is 22.9. The number of carbonyl (C=O) groups is 1. The Labute approximate surface area is 300 Å². The molecule has 0 saturated heterocycles. The molecule has 0 aliphatic rings. The van der Waals surface area contributed by atoms with Crippen molar-refractivity contribution >= 4 is 5.91 Å². The molecule has 0 aromatic heterocycles. The maximum Gasteiger partial charge on any atom is 0.220 e. The van der Waals surface area contributed by atoms with Gasteiger partial charge in [-0.1, -0.05) is 204 Å². The summed E-state index contributed by atoms with van der Waals surface area (Å²) in [5.41, 5.74) is 0. The number of hydrogen-bond acceptors (Lipinski definition) is 3. The summed E-state index contributed by atoms with van der Waals surface area (Å²) >= 11 is 0. The minimum Gasteiger partial charge on any atom is -0.394 e. The van der Waals surface area contributed by atoms with Gasteiger partial charge < -0.3 is 15.5 Å². The SMILES string of the molecule is CCCCCCCCCCCCCCCCC/C=C/CC/C=C/CC/C=C/C(O)C(CO)NC(=O)CCCCCCCCCCCCC. The van der Waals surface area contributed by atoms with Crippen LogP contribution in [0.4, 0.5) is 0 Å². The lowest BCUT2D eigenvalue weighted by atomic mass is 10.0. The van der Waals surface area contributed by atoms with Gasteiger partial charge in [-0.25, -0.2) is 0 Å². The van der Waals surface area contributed by atoms with Crippen LogP contribution < -0.4 is 5.32 Å². The van der Waals surface area contributed by atoms with Gasteiger partial charge in [-0.2, -0.15) is 0 Å². The lowest BCUT2D eigenvalue weighted by Crippen LogP contribution is -2.45. The molecule has 2 atom stereocenters. The summed E-state index contributed by atoms with van der Waals surface area (Å²) in [4.78, 5) is 12.3. The number of unbranched alkanes of at least 4 members (excludes halogenated alkanes) is 27. The molecule has 2 unspecified atom stereocenters. The van der Waals surface area contributed by atoms with Gasteiger partial charge in [0.2, 0.25) is 5.91 Å². The second-order valence-corrected chi connectivity index (χ2v) is 14.4. The summed E-state index contributed by atoms with van der Waals surface area (Å²) in [6.45, 7) is 4.28. The van der Waals surface area contributed by atoms with Crippen molar-refractivity contribution in [2.24, 2.45) is 0 Å². The van der Waals surface area contributed by atoms with Gasteiger partial charge in [-0.15, -0.1) is 0 Å². The average molecular weight is 674 g/mol. The van der Waals surface area contributed by atoms with Gasteiger partial charge in [-0.05, 0) is 44.9 Å². The average Bonchev–Trinajstić information content (AvgIpc) is 3.09. The summed E-state index contributed by atoms with van der Waals surface area (Å²) < 4.78 is 0. The Kier molecular flexibility index (Phi) is 38.9. The molecule has 0 radical (unpaired) electrons. The van der Waals surface area contributed by atoms with Crippen molar-refractivity contribution in [2.45, 2.75) is 231 Å². The Hall–Kier alpha value is -1.39. The smallest absolute Gasteiger partial charge is 0.220 e. The normalized spacial score (nSPS) is 13.3. The van der Waals surface area contributed by atoms with E-state index < -0.39 is 12.1 Å². The predicted octanol–water partition coefficient (Wildman–Crippen LogP) is 13.0. The zero-order valence-electron chi connectivity index (χ0n) is 32.3. The standard InChI is InChI=1S/C44H83NO3/c1-3-5-7-9-11-13-15-16-17-18-19-20-21-22-23-24-25-26-27-28-30-31-33-35-37-39-43(47)42(41-46)45-44(48)40-38-36-34-32-29-14-12-10-8-6-4-2/h25-26,30-31,37,39,42-43,46-47H,3-24,27-29,32-36,38,40-41H2,1-2H3,(H,45,48)/b26-25+,31-30+,39-37+. The number of hydrogen-bond donors (Lipinski definition) is 3. The topological polar surface area (TPSA) is 69.6 Å². The zero-order chi connectivity index (χ0) is 35.0. The van der Waals surface area contributed by atoms with E-state index in [2.05, 4.69) is 43.5 Å². The molecule has 4 nitrogen and oxygen atoms in total. The maximum atomic E-state index is 12.3. The molecule has 4 heteroatoms. The van der Waals surface area contributed by atoms with Crippen LogP contribution in [-0.4, -0.2) is 34.9 Å². The van der Waals surface area contributed by atoms with Crippen LogP contribution >= 0.6 is 0 Å². The van der Waals surface area contributed by atoms with Crippen LogP contribution in [0.25, 0.3) is 0 Å². The van der Waals surface area contributed by atoms with Crippen LogP contribution in [0.1, 0.15) is 219 Å². The van der Waals surface area contributed by atoms with Crippen molar-refractivity contribution in [3.8, 4) is 0 Å². The van der Waals surface area contributed by atoms with E-state index in [4.69, 9.17) is 0 Å². The van der Waals surface area contributed by atoms with E-state index in [9.17, 15) is 15.0 Å². The quantitative estimate of drug-likeness (QED) is 0.0451. The molecule has 0 aliphatic heterocycles. The minimum absolute atomic E-state index is 0.0794. The molecule has 48 heavy (non-hydrogen) atoms.